The number of likely N-dealkylation sites (N-methyl/N-ethyl adjacent to an activating group) is 1. The van der Waals surface area contributed by atoms with Gasteiger partial charge in [-0.3, -0.25) is 4.79 Å². The van der Waals surface area contributed by atoms with Crippen molar-refractivity contribution in [2.75, 3.05) is 46.8 Å². The summed E-state index contributed by atoms with van der Waals surface area (Å²) in [6.45, 7) is 6.46. The fourth-order valence-electron chi connectivity index (χ4n) is 5.10. The highest BCUT2D eigenvalue weighted by atomic mass is 16.7. The van der Waals surface area contributed by atoms with Crippen LogP contribution in [-0.4, -0.2) is 73.7 Å². The number of methoxy groups -OCH3 is 1. The number of urea groups is 1. The maximum atomic E-state index is 13.9. The van der Waals surface area contributed by atoms with Crippen molar-refractivity contribution in [3.05, 3.63) is 53.6 Å². The van der Waals surface area contributed by atoms with Crippen molar-refractivity contribution < 1.29 is 33.6 Å². The van der Waals surface area contributed by atoms with Crippen LogP contribution < -0.4 is 14.2 Å². The van der Waals surface area contributed by atoms with Gasteiger partial charge in [-0.15, -0.1) is 0 Å². The van der Waals surface area contributed by atoms with Gasteiger partial charge in [0.2, 0.25) is 6.79 Å². The van der Waals surface area contributed by atoms with Crippen LogP contribution in [0, 0.1) is 5.92 Å². The van der Waals surface area contributed by atoms with Gasteiger partial charge in [-0.1, -0.05) is 31.5 Å². The second-order valence-electron chi connectivity index (χ2n) is 9.28. The number of carboxylic acid groups (broad SMARTS) is 1. The fraction of sp³-hybridized carbons (Fsp3) is 0.500. The van der Waals surface area contributed by atoms with Gasteiger partial charge in [0.15, 0.2) is 11.5 Å². The molecule has 0 spiro atoms. The predicted octanol–water partition coefficient (Wildman–Crippen LogP) is 4.52. The minimum Gasteiger partial charge on any atom is -0.497 e. The summed E-state index contributed by atoms with van der Waals surface area (Å²) in [5.74, 6) is -0.344. The minimum absolute atomic E-state index is 0.136. The molecule has 2 aromatic carbocycles. The molecule has 200 valence electrons. The van der Waals surface area contributed by atoms with E-state index in [4.69, 9.17) is 18.9 Å². The Labute approximate surface area is 217 Å². The first-order valence-electron chi connectivity index (χ1n) is 12.9. The molecule has 0 aliphatic carbocycles. The molecule has 2 heterocycles. The van der Waals surface area contributed by atoms with Crippen LogP contribution in [0.4, 0.5) is 4.79 Å². The zero-order chi connectivity index (χ0) is 26.4. The molecule has 3 atom stereocenters. The summed E-state index contributed by atoms with van der Waals surface area (Å²) in [5, 5.41) is 10.4. The third-order valence-corrected chi connectivity index (χ3v) is 7.12. The standard InChI is InChI=1S/C28H36N2O7/c1-4-6-14-35-15-13-29(5-2)28(33)30-17-22(20-9-12-23-24(16-20)37-18-36-23)25(27(31)32)26(30)19-7-10-21(34-3)11-8-19/h7-12,16,22,25-26H,4-6,13-15,17-18H2,1-3H3,(H,31,32)/t22?,25-,26+/m0/s1. The Morgan fingerprint density at radius 2 is 1.78 bits per heavy atom. The third kappa shape index (κ3) is 5.77. The SMILES string of the molecule is CCCCOCCN(CC)C(=O)N1CC(c2ccc3c(c2)OCO3)[C@H](C(=O)O)[C@H]1c1ccc(OC)cc1. The number of fused-ring (bicyclic) bond motifs is 1. The Hall–Kier alpha value is -3.46. The molecule has 9 heteroatoms. The van der Waals surface area contributed by atoms with Gasteiger partial charge in [-0.05, 0) is 48.7 Å². The van der Waals surface area contributed by atoms with E-state index in [1.165, 1.54) is 0 Å². The number of benzene rings is 2. The summed E-state index contributed by atoms with van der Waals surface area (Å²) in [7, 11) is 1.58. The summed E-state index contributed by atoms with van der Waals surface area (Å²) in [4.78, 5) is 30.0. The van der Waals surface area contributed by atoms with Crippen LogP contribution in [0.2, 0.25) is 0 Å². The number of carbonyl (C=O) groups excluding carboxylic acids is 1. The molecule has 0 bridgehead atoms. The van der Waals surface area contributed by atoms with Crippen LogP contribution in [0.15, 0.2) is 42.5 Å². The lowest BCUT2D eigenvalue weighted by molar-refractivity contribution is -0.143. The van der Waals surface area contributed by atoms with E-state index in [-0.39, 0.29) is 19.4 Å². The van der Waals surface area contributed by atoms with Crippen molar-refractivity contribution in [1.82, 2.24) is 9.80 Å². The number of ether oxygens (including phenoxy) is 4. The number of unbranched alkanes of at least 4 members (excludes halogenated alkanes) is 1. The predicted molar refractivity (Wildman–Crippen MR) is 137 cm³/mol. The fourth-order valence-corrected chi connectivity index (χ4v) is 5.10. The lowest BCUT2D eigenvalue weighted by Crippen LogP contribution is -2.45. The number of carboxylic acids is 1. The molecule has 9 nitrogen and oxygen atoms in total. The van der Waals surface area contributed by atoms with Crippen molar-refractivity contribution in [3.63, 3.8) is 0 Å². The van der Waals surface area contributed by atoms with E-state index in [0.29, 0.717) is 43.6 Å². The van der Waals surface area contributed by atoms with Gasteiger partial charge >= 0.3 is 12.0 Å². The number of hydrogen-bond acceptors (Lipinski definition) is 6. The quantitative estimate of drug-likeness (QED) is 0.442. The molecule has 4 rings (SSSR count). The number of nitrogens with zero attached hydrogens (tertiary/aromatic N) is 2. The topological polar surface area (TPSA) is 97.8 Å². The third-order valence-electron chi connectivity index (χ3n) is 7.12. The molecule has 2 amide bonds. The first-order valence-corrected chi connectivity index (χ1v) is 12.9. The lowest BCUT2D eigenvalue weighted by Gasteiger charge is -2.32. The average Bonchev–Trinajstić information content (AvgIpc) is 3.55. The summed E-state index contributed by atoms with van der Waals surface area (Å²) in [6, 6.07) is 11.9. The molecule has 1 unspecified atom stereocenters. The van der Waals surface area contributed by atoms with Gasteiger partial charge in [0.05, 0.1) is 25.7 Å². The second-order valence-corrected chi connectivity index (χ2v) is 9.28. The van der Waals surface area contributed by atoms with E-state index in [1.807, 2.05) is 31.2 Å². The molecule has 0 aromatic heterocycles. The van der Waals surface area contributed by atoms with Crippen LogP contribution in [0.3, 0.4) is 0 Å². The number of hydrogen-bond donors (Lipinski definition) is 1. The molecule has 2 aliphatic rings. The maximum Gasteiger partial charge on any atom is 0.320 e. The number of likely N-dealkylation sites (tertiary alicyclic amines) is 1. The molecular formula is C28H36N2O7. The second kappa shape index (κ2) is 12.2. The van der Waals surface area contributed by atoms with Gasteiger partial charge in [-0.25, -0.2) is 4.79 Å². The molecule has 0 radical (unpaired) electrons. The van der Waals surface area contributed by atoms with E-state index >= 15 is 0 Å². The first-order chi connectivity index (χ1) is 18.0. The average molecular weight is 513 g/mol. The smallest absolute Gasteiger partial charge is 0.320 e. The molecular weight excluding hydrogens is 476 g/mol. The highest BCUT2D eigenvalue weighted by molar-refractivity contribution is 5.80. The minimum atomic E-state index is -0.954. The van der Waals surface area contributed by atoms with Gasteiger partial charge in [-0.2, -0.15) is 0 Å². The normalized spacial score (nSPS) is 20.2. The summed E-state index contributed by atoms with van der Waals surface area (Å²) in [5.41, 5.74) is 1.55. The van der Waals surface area contributed by atoms with Crippen molar-refractivity contribution in [3.8, 4) is 17.2 Å². The van der Waals surface area contributed by atoms with E-state index in [9.17, 15) is 14.7 Å². The zero-order valence-corrected chi connectivity index (χ0v) is 21.7. The number of amides is 2. The monoisotopic (exact) mass is 512 g/mol. The number of aliphatic carboxylic acids is 1. The van der Waals surface area contributed by atoms with E-state index in [1.54, 1.807) is 35.1 Å². The van der Waals surface area contributed by atoms with Crippen molar-refractivity contribution in [2.45, 2.75) is 38.6 Å². The van der Waals surface area contributed by atoms with Crippen molar-refractivity contribution in [2.24, 2.45) is 5.92 Å². The molecule has 1 saturated heterocycles. The van der Waals surface area contributed by atoms with Gasteiger partial charge in [0.25, 0.3) is 0 Å². The van der Waals surface area contributed by atoms with Crippen molar-refractivity contribution in [1.29, 1.82) is 0 Å². The van der Waals surface area contributed by atoms with Gasteiger partial charge in [0, 0.05) is 32.2 Å². The largest absolute Gasteiger partial charge is 0.497 e. The number of carbonyl (C=O) groups is 2. The zero-order valence-electron chi connectivity index (χ0n) is 21.7. The highest BCUT2D eigenvalue weighted by Crippen LogP contribution is 2.48. The Morgan fingerprint density at radius 1 is 1.05 bits per heavy atom. The summed E-state index contributed by atoms with van der Waals surface area (Å²) in [6.07, 6.45) is 2.02. The van der Waals surface area contributed by atoms with E-state index in [2.05, 4.69) is 6.92 Å². The Morgan fingerprint density at radius 3 is 2.46 bits per heavy atom. The Balaban J connectivity index is 1.66. The van der Waals surface area contributed by atoms with Gasteiger partial charge < -0.3 is 33.9 Å². The van der Waals surface area contributed by atoms with Crippen LogP contribution >= 0.6 is 0 Å². The van der Waals surface area contributed by atoms with Gasteiger partial charge in [0.1, 0.15) is 5.75 Å². The van der Waals surface area contributed by atoms with Crippen LogP contribution in [-0.2, 0) is 9.53 Å². The Bertz CT molecular complexity index is 1070. The lowest BCUT2D eigenvalue weighted by atomic mass is 9.83. The van der Waals surface area contributed by atoms with Crippen LogP contribution in [0.5, 0.6) is 17.2 Å². The maximum absolute atomic E-state index is 13.9. The first kappa shape index (κ1) is 26.6. The molecule has 0 saturated carbocycles. The summed E-state index contributed by atoms with van der Waals surface area (Å²) < 4.78 is 22.0. The Kier molecular flexibility index (Phi) is 8.76. The molecule has 2 aliphatic heterocycles. The van der Waals surface area contributed by atoms with Crippen LogP contribution in [0.1, 0.15) is 49.8 Å². The van der Waals surface area contributed by atoms with E-state index in [0.717, 1.165) is 24.0 Å². The van der Waals surface area contributed by atoms with E-state index < -0.39 is 23.8 Å². The number of rotatable bonds is 11. The molecule has 1 N–H and O–H groups in total. The molecule has 37 heavy (non-hydrogen) atoms. The van der Waals surface area contributed by atoms with Crippen molar-refractivity contribution >= 4 is 12.0 Å². The molecule has 2 aromatic rings. The van der Waals surface area contributed by atoms with Crippen LogP contribution in [0.25, 0.3) is 0 Å². The summed E-state index contributed by atoms with van der Waals surface area (Å²) >= 11 is 0. The molecule has 1 fully saturated rings. The highest BCUT2D eigenvalue weighted by Gasteiger charge is 2.50.